The van der Waals surface area contributed by atoms with E-state index in [0.717, 1.165) is 30.4 Å². The normalized spacial score (nSPS) is 16.2. The molecular formula is C10H16N4S. The van der Waals surface area contributed by atoms with Crippen molar-refractivity contribution in [1.29, 1.82) is 0 Å². The molecule has 2 heterocycles. The molecule has 5 heteroatoms. The third kappa shape index (κ3) is 3.27. The van der Waals surface area contributed by atoms with E-state index in [2.05, 4.69) is 21.5 Å². The fourth-order valence-corrected chi connectivity index (χ4v) is 2.31. The second kappa shape index (κ2) is 5.21. The second-order valence-electron chi connectivity index (χ2n) is 3.55. The van der Waals surface area contributed by atoms with Gasteiger partial charge in [-0.3, -0.25) is 9.67 Å². The quantitative estimate of drug-likeness (QED) is 0.834. The van der Waals surface area contributed by atoms with Crippen molar-refractivity contribution in [2.75, 3.05) is 18.8 Å². The van der Waals surface area contributed by atoms with E-state index in [1.807, 2.05) is 29.7 Å². The van der Waals surface area contributed by atoms with Crippen LogP contribution < -0.4 is 5.32 Å². The van der Waals surface area contributed by atoms with E-state index < -0.39 is 0 Å². The number of aromatic nitrogens is 2. The van der Waals surface area contributed by atoms with Gasteiger partial charge in [0.25, 0.3) is 0 Å². The van der Waals surface area contributed by atoms with Crippen molar-refractivity contribution in [2.24, 2.45) is 12.0 Å². The molecule has 2 rings (SSSR count). The number of aliphatic imine (C=N–C) groups is 1. The van der Waals surface area contributed by atoms with Crippen LogP contribution in [0.15, 0.2) is 17.3 Å². The van der Waals surface area contributed by atoms with Crippen LogP contribution in [0, 0.1) is 0 Å². The van der Waals surface area contributed by atoms with Crippen LogP contribution in [-0.4, -0.2) is 33.8 Å². The predicted molar refractivity (Wildman–Crippen MR) is 64.3 cm³/mol. The number of rotatable bonds is 3. The lowest BCUT2D eigenvalue weighted by Gasteiger charge is -2.12. The van der Waals surface area contributed by atoms with Gasteiger partial charge in [0.05, 0.1) is 5.69 Å². The molecule has 0 fully saturated rings. The summed E-state index contributed by atoms with van der Waals surface area (Å²) in [5, 5.41) is 8.76. The fourth-order valence-electron chi connectivity index (χ4n) is 1.46. The van der Waals surface area contributed by atoms with Crippen molar-refractivity contribution in [3.8, 4) is 0 Å². The molecule has 1 N–H and O–H groups in total. The maximum Gasteiger partial charge on any atom is 0.156 e. The van der Waals surface area contributed by atoms with E-state index in [-0.39, 0.29) is 0 Å². The van der Waals surface area contributed by atoms with Crippen molar-refractivity contribution in [3.63, 3.8) is 0 Å². The molecule has 0 radical (unpaired) electrons. The minimum Gasteiger partial charge on any atom is -0.365 e. The maximum atomic E-state index is 4.41. The molecule has 4 nitrogen and oxygen atoms in total. The number of nitrogens with one attached hydrogen (secondary N) is 1. The molecule has 15 heavy (non-hydrogen) atoms. The van der Waals surface area contributed by atoms with Gasteiger partial charge in [-0.1, -0.05) is 11.8 Å². The summed E-state index contributed by atoms with van der Waals surface area (Å²) in [6.45, 7) is 1.89. The van der Waals surface area contributed by atoms with Gasteiger partial charge in [0, 0.05) is 38.5 Å². The van der Waals surface area contributed by atoms with Gasteiger partial charge in [0.1, 0.15) is 0 Å². The Bertz CT molecular complexity index is 345. The van der Waals surface area contributed by atoms with E-state index in [1.165, 1.54) is 12.2 Å². The highest BCUT2D eigenvalue weighted by molar-refractivity contribution is 8.13. The Morgan fingerprint density at radius 1 is 1.60 bits per heavy atom. The Balaban J connectivity index is 1.72. The van der Waals surface area contributed by atoms with Crippen LogP contribution in [0.25, 0.3) is 0 Å². The first-order chi connectivity index (χ1) is 7.34. The second-order valence-corrected chi connectivity index (χ2v) is 4.63. The summed E-state index contributed by atoms with van der Waals surface area (Å²) in [6, 6.07) is 2.05. The van der Waals surface area contributed by atoms with Crippen LogP contribution in [0.5, 0.6) is 0 Å². The summed E-state index contributed by atoms with van der Waals surface area (Å²) >= 11 is 1.82. The Kier molecular flexibility index (Phi) is 3.66. The molecule has 0 saturated heterocycles. The van der Waals surface area contributed by atoms with Gasteiger partial charge in [-0.2, -0.15) is 5.10 Å². The Morgan fingerprint density at radius 2 is 2.53 bits per heavy atom. The van der Waals surface area contributed by atoms with Gasteiger partial charge >= 0.3 is 0 Å². The smallest absolute Gasteiger partial charge is 0.156 e. The topological polar surface area (TPSA) is 42.2 Å². The standard InChI is InChI=1S/C10H16N4S/c1-14-7-4-9(13-14)3-6-12-10-11-5-2-8-15-10/h4,7H,2-3,5-6,8H2,1H3,(H,11,12). The van der Waals surface area contributed by atoms with Gasteiger partial charge in [0.2, 0.25) is 0 Å². The maximum absolute atomic E-state index is 4.41. The third-order valence-electron chi connectivity index (χ3n) is 2.22. The molecule has 1 aliphatic rings. The van der Waals surface area contributed by atoms with Crippen molar-refractivity contribution in [1.82, 2.24) is 15.1 Å². The van der Waals surface area contributed by atoms with Crippen LogP contribution in [0.4, 0.5) is 0 Å². The van der Waals surface area contributed by atoms with Crippen LogP contribution in [0.2, 0.25) is 0 Å². The van der Waals surface area contributed by atoms with E-state index in [9.17, 15) is 0 Å². The number of nitrogens with zero attached hydrogens (tertiary/aromatic N) is 3. The number of thioether (sulfide) groups is 1. The number of amidine groups is 1. The highest BCUT2D eigenvalue weighted by Gasteiger charge is 2.04. The first-order valence-corrected chi connectivity index (χ1v) is 6.23. The van der Waals surface area contributed by atoms with Crippen LogP contribution in [0.1, 0.15) is 12.1 Å². The summed E-state index contributed by atoms with van der Waals surface area (Å²) < 4.78 is 1.84. The summed E-state index contributed by atoms with van der Waals surface area (Å²) in [7, 11) is 1.94. The van der Waals surface area contributed by atoms with Gasteiger partial charge in [-0.25, -0.2) is 0 Å². The third-order valence-corrected chi connectivity index (χ3v) is 3.26. The molecule has 0 saturated carbocycles. The molecule has 0 unspecified atom stereocenters. The molecule has 0 spiro atoms. The number of hydrogen-bond donors (Lipinski definition) is 1. The lowest BCUT2D eigenvalue weighted by molar-refractivity contribution is 0.731. The SMILES string of the molecule is Cn1ccc(CCNC2=NCCCS2)n1. The molecule has 0 atom stereocenters. The van der Waals surface area contributed by atoms with Crippen molar-refractivity contribution in [3.05, 3.63) is 18.0 Å². The highest BCUT2D eigenvalue weighted by atomic mass is 32.2. The molecule has 82 valence electrons. The van der Waals surface area contributed by atoms with Crippen LogP contribution >= 0.6 is 11.8 Å². The summed E-state index contributed by atoms with van der Waals surface area (Å²) in [6.07, 6.45) is 4.14. The summed E-state index contributed by atoms with van der Waals surface area (Å²) in [5.41, 5.74) is 1.13. The zero-order valence-electron chi connectivity index (χ0n) is 8.94. The Labute approximate surface area is 94.2 Å². The zero-order chi connectivity index (χ0) is 10.5. The average molecular weight is 224 g/mol. The lowest BCUT2D eigenvalue weighted by Crippen LogP contribution is -2.25. The van der Waals surface area contributed by atoms with Crippen LogP contribution in [0.3, 0.4) is 0 Å². The molecular weight excluding hydrogens is 208 g/mol. The molecule has 0 aromatic carbocycles. The molecule has 1 aliphatic heterocycles. The largest absolute Gasteiger partial charge is 0.365 e. The van der Waals surface area contributed by atoms with Gasteiger partial charge < -0.3 is 5.32 Å². The van der Waals surface area contributed by atoms with E-state index in [1.54, 1.807) is 0 Å². The molecule has 1 aromatic heterocycles. The van der Waals surface area contributed by atoms with Gasteiger partial charge in [-0.05, 0) is 12.5 Å². The van der Waals surface area contributed by atoms with E-state index >= 15 is 0 Å². The van der Waals surface area contributed by atoms with Crippen molar-refractivity contribution < 1.29 is 0 Å². The Morgan fingerprint density at radius 3 is 3.20 bits per heavy atom. The van der Waals surface area contributed by atoms with Crippen molar-refractivity contribution in [2.45, 2.75) is 12.8 Å². The van der Waals surface area contributed by atoms with E-state index in [0.29, 0.717) is 0 Å². The number of aryl methyl sites for hydroxylation is 1. The fraction of sp³-hybridized carbons (Fsp3) is 0.600. The van der Waals surface area contributed by atoms with Gasteiger partial charge in [0.15, 0.2) is 5.17 Å². The molecule has 0 bridgehead atoms. The first kappa shape index (κ1) is 10.5. The highest BCUT2D eigenvalue weighted by Crippen LogP contribution is 2.09. The average Bonchev–Trinajstić information content (AvgIpc) is 2.66. The first-order valence-electron chi connectivity index (χ1n) is 5.24. The molecule has 1 aromatic rings. The molecule has 0 amide bonds. The van der Waals surface area contributed by atoms with Gasteiger partial charge in [-0.15, -0.1) is 0 Å². The lowest BCUT2D eigenvalue weighted by atomic mass is 10.3. The van der Waals surface area contributed by atoms with Crippen molar-refractivity contribution >= 4 is 16.9 Å². The molecule has 0 aliphatic carbocycles. The number of hydrogen-bond acceptors (Lipinski definition) is 4. The minimum atomic E-state index is 0.919. The van der Waals surface area contributed by atoms with E-state index in [4.69, 9.17) is 0 Å². The monoisotopic (exact) mass is 224 g/mol. The summed E-state index contributed by atoms with van der Waals surface area (Å²) in [5.74, 6) is 1.19. The van der Waals surface area contributed by atoms with Crippen LogP contribution in [-0.2, 0) is 13.5 Å². The zero-order valence-corrected chi connectivity index (χ0v) is 9.76. The Hall–Kier alpha value is -0.970. The predicted octanol–water partition coefficient (Wildman–Crippen LogP) is 1.05. The summed E-state index contributed by atoms with van der Waals surface area (Å²) in [4.78, 5) is 4.41. The minimum absolute atomic E-state index is 0.919.